The van der Waals surface area contributed by atoms with Gasteiger partial charge in [0.05, 0.1) is 29.6 Å². The van der Waals surface area contributed by atoms with Gasteiger partial charge in [0, 0.05) is 24.7 Å². The maximum absolute atomic E-state index is 14.0. The van der Waals surface area contributed by atoms with Gasteiger partial charge in [-0.05, 0) is 56.0 Å². The lowest BCUT2D eigenvalue weighted by Crippen LogP contribution is -2.50. The van der Waals surface area contributed by atoms with Gasteiger partial charge < -0.3 is 15.3 Å². The number of hydrogen-bond donors (Lipinski definition) is 2. The first-order valence-electron chi connectivity index (χ1n) is 12.9. The number of aromatic nitrogens is 4. The molecular formula is C28H27FN6O4. The number of benzene rings is 2. The minimum atomic E-state index is -1.11. The first-order chi connectivity index (χ1) is 18.8. The van der Waals surface area contributed by atoms with E-state index < -0.39 is 17.3 Å². The van der Waals surface area contributed by atoms with E-state index in [1.54, 1.807) is 30.3 Å². The van der Waals surface area contributed by atoms with Crippen LogP contribution in [0.1, 0.15) is 36.0 Å². The standard InChI is InChI=1S/C28H27FN6O4/c29-23-7-2-1-6-21(23)25(36)32-19-4-3-5-20(14-19)35-24-22(15-31-35)27(38)34(17-30-24)16-28(39)10-12-33(13-11-28)26(37)18-8-9-18/h1-7,14-15,17-18,39H,8-13,16H2,(H,32,36). The van der Waals surface area contributed by atoms with Crippen molar-refractivity contribution in [1.29, 1.82) is 0 Å². The summed E-state index contributed by atoms with van der Waals surface area (Å²) in [5, 5.41) is 18.5. The Morgan fingerprint density at radius 2 is 1.87 bits per heavy atom. The van der Waals surface area contributed by atoms with Gasteiger partial charge in [-0.25, -0.2) is 14.1 Å². The van der Waals surface area contributed by atoms with Crippen LogP contribution in [0.2, 0.25) is 0 Å². The van der Waals surface area contributed by atoms with Crippen molar-refractivity contribution in [3.05, 3.63) is 82.8 Å². The van der Waals surface area contributed by atoms with Crippen LogP contribution in [0.5, 0.6) is 0 Å². The Morgan fingerprint density at radius 1 is 1.10 bits per heavy atom. The van der Waals surface area contributed by atoms with Crippen molar-refractivity contribution < 1.29 is 19.1 Å². The molecular weight excluding hydrogens is 503 g/mol. The van der Waals surface area contributed by atoms with E-state index >= 15 is 0 Å². The molecule has 2 aliphatic rings. The zero-order chi connectivity index (χ0) is 27.1. The first-order valence-corrected chi connectivity index (χ1v) is 12.9. The summed E-state index contributed by atoms with van der Waals surface area (Å²) in [5.74, 6) is -0.893. The largest absolute Gasteiger partial charge is 0.388 e. The zero-order valence-electron chi connectivity index (χ0n) is 21.1. The lowest BCUT2D eigenvalue weighted by molar-refractivity contribution is -0.137. The number of aliphatic hydroxyl groups is 1. The second-order valence-electron chi connectivity index (χ2n) is 10.3. The summed E-state index contributed by atoms with van der Waals surface area (Å²) in [4.78, 5) is 44.4. The summed E-state index contributed by atoms with van der Waals surface area (Å²) in [6.45, 7) is 1.01. The average Bonchev–Trinajstić information content (AvgIpc) is 3.69. The highest BCUT2D eigenvalue weighted by Crippen LogP contribution is 2.33. The number of nitrogens with zero attached hydrogens (tertiary/aromatic N) is 5. The number of fused-ring (bicyclic) bond motifs is 1. The molecule has 0 spiro atoms. The van der Waals surface area contributed by atoms with Crippen molar-refractivity contribution in [2.45, 2.75) is 37.8 Å². The molecule has 1 saturated carbocycles. The monoisotopic (exact) mass is 530 g/mol. The Kier molecular flexibility index (Phi) is 6.22. The number of carbonyl (C=O) groups excluding carboxylic acids is 2. The van der Waals surface area contributed by atoms with Gasteiger partial charge in [-0.15, -0.1) is 0 Å². The quantitative estimate of drug-likeness (QED) is 0.395. The van der Waals surface area contributed by atoms with Crippen molar-refractivity contribution in [3.63, 3.8) is 0 Å². The Bertz CT molecular complexity index is 1630. The van der Waals surface area contributed by atoms with Crippen LogP contribution < -0.4 is 10.9 Å². The maximum Gasteiger partial charge on any atom is 0.264 e. The van der Waals surface area contributed by atoms with Gasteiger partial charge in [0.1, 0.15) is 17.5 Å². The molecule has 0 atom stereocenters. The van der Waals surface area contributed by atoms with Crippen LogP contribution in [-0.4, -0.2) is 59.8 Å². The zero-order valence-corrected chi connectivity index (χ0v) is 21.1. The number of rotatable bonds is 6. The third kappa shape index (κ3) is 4.92. The van der Waals surface area contributed by atoms with Crippen LogP contribution in [0.3, 0.4) is 0 Å². The van der Waals surface area contributed by atoms with Gasteiger partial charge in [-0.2, -0.15) is 5.10 Å². The van der Waals surface area contributed by atoms with E-state index in [2.05, 4.69) is 15.4 Å². The van der Waals surface area contributed by atoms with Crippen LogP contribution in [0.15, 0.2) is 65.8 Å². The summed E-state index contributed by atoms with van der Waals surface area (Å²) >= 11 is 0. The highest BCUT2D eigenvalue weighted by atomic mass is 19.1. The van der Waals surface area contributed by atoms with Crippen LogP contribution >= 0.6 is 0 Å². The molecule has 2 aromatic heterocycles. The van der Waals surface area contributed by atoms with Crippen LogP contribution in [0.25, 0.3) is 16.7 Å². The number of nitrogens with one attached hydrogen (secondary N) is 1. The van der Waals surface area contributed by atoms with Gasteiger partial charge in [0.25, 0.3) is 11.5 Å². The molecule has 39 heavy (non-hydrogen) atoms. The van der Waals surface area contributed by atoms with Crippen molar-refractivity contribution in [2.24, 2.45) is 5.92 Å². The second kappa shape index (κ2) is 9.73. The van der Waals surface area contributed by atoms with Gasteiger partial charge in [-0.3, -0.25) is 19.0 Å². The summed E-state index contributed by atoms with van der Waals surface area (Å²) in [5.41, 5.74) is -0.221. The Morgan fingerprint density at radius 3 is 2.62 bits per heavy atom. The number of halogens is 1. The lowest BCUT2D eigenvalue weighted by atomic mass is 9.91. The van der Waals surface area contributed by atoms with Gasteiger partial charge in [0.15, 0.2) is 5.65 Å². The Hall–Kier alpha value is -4.38. The first kappa shape index (κ1) is 24.9. The third-order valence-corrected chi connectivity index (χ3v) is 7.42. The van der Waals surface area contributed by atoms with Crippen molar-refractivity contribution in [1.82, 2.24) is 24.2 Å². The predicted octanol–water partition coefficient (Wildman–Crippen LogP) is 2.74. The van der Waals surface area contributed by atoms with E-state index in [9.17, 15) is 23.9 Å². The molecule has 0 bridgehead atoms. The molecule has 11 heteroatoms. The molecule has 2 amide bonds. The van der Waals surface area contributed by atoms with E-state index in [-0.39, 0.29) is 34.9 Å². The molecule has 0 unspecified atom stereocenters. The topological polar surface area (TPSA) is 122 Å². The Labute approximate surface area is 222 Å². The average molecular weight is 531 g/mol. The number of hydrogen-bond acceptors (Lipinski definition) is 6. The maximum atomic E-state index is 14.0. The number of likely N-dealkylation sites (tertiary alicyclic amines) is 1. The van der Waals surface area contributed by atoms with Crippen LogP contribution in [-0.2, 0) is 11.3 Å². The van der Waals surface area contributed by atoms with Gasteiger partial charge in [-0.1, -0.05) is 18.2 Å². The SMILES string of the molecule is O=C(Nc1cccc(-n2ncc3c(=O)n(CC4(O)CCN(C(=O)C5CC5)CC4)cnc32)c1)c1ccccc1F. The van der Waals surface area contributed by atoms with E-state index in [4.69, 9.17) is 0 Å². The molecule has 0 radical (unpaired) electrons. The number of anilines is 1. The normalized spacial score (nSPS) is 16.8. The summed E-state index contributed by atoms with van der Waals surface area (Å²) < 4.78 is 16.9. The van der Waals surface area contributed by atoms with Crippen LogP contribution in [0, 0.1) is 11.7 Å². The number of carbonyl (C=O) groups is 2. The number of amides is 2. The predicted molar refractivity (Wildman–Crippen MR) is 141 cm³/mol. The fourth-order valence-electron chi connectivity index (χ4n) is 5.02. The van der Waals surface area contributed by atoms with Gasteiger partial charge in [0.2, 0.25) is 5.91 Å². The van der Waals surface area contributed by atoms with Crippen LogP contribution in [0.4, 0.5) is 10.1 Å². The third-order valence-electron chi connectivity index (χ3n) is 7.42. The summed E-state index contributed by atoms with van der Waals surface area (Å²) in [6, 6.07) is 12.5. The minimum Gasteiger partial charge on any atom is -0.388 e. The summed E-state index contributed by atoms with van der Waals surface area (Å²) in [7, 11) is 0. The molecule has 200 valence electrons. The van der Waals surface area contributed by atoms with Crippen molar-refractivity contribution >= 4 is 28.5 Å². The lowest BCUT2D eigenvalue weighted by Gasteiger charge is -2.38. The molecule has 1 saturated heterocycles. The van der Waals surface area contributed by atoms with E-state index in [0.29, 0.717) is 43.0 Å². The highest BCUT2D eigenvalue weighted by molar-refractivity contribution is 6.04. The fraction of sp³-hybridized carbons (Fsp3) is 0.321. The molecule has 2 N–H and O–H groups in total. The van der Waals surface area contributed by atoms with Crippen molar-refractivity contribution in [2.75, 3.05) is 18.4 Å². The van der Waals surface area contributed by atoms with Gasteiger partial charge >= 0.3 is 0 Å². The van der Waals surface area contributed by atoms with E-state index in [0.717, 1.165) is 12.8 Å². The van der Waals surface area contributed by atoms with Crippen molar-refractivity contribution in [3.8, 4) is 5.69 Å². The number of piperidine rings is 1. The molecule has 1 aliphatic carbocycles. The molecule has 4 aromatic rings. The smallest absolute Gasteiger partial charge is 0.264 e. The molecule has 2 aromatic carbocycles. The summed E-state index contributed by atoms with van der Waals surface area (Å²) in [6.07, 6.45) is 5.49. The molecule has 6 rings (SSSR count). The molecule has 10 nitrogen and oxygen atoms in total. The Balaban J connectivity index is 1.20. The molecule has 1 aliphatic heterocycles. The van der Waals surface area contributed by atoms with E-state index in [1.807, 2.05) is 4.90 Å². The molecule has 3 heterocycles. The van der Waals surface area contributed by atoms with E-state index in [1.165, 1.54) is 40.0 Å². The fourth-order valence-corrected chi connectivity index (χ4v) is 5.02. The second-order valence-corrected chi connectivity index (χ2v) is 10.3. The minimum absolute atomic E-state index is 0.0724. The molecule has 2 fully saturated rings. The highest BCUT2D eigenvalue weighted by Gasteiger charge is 2.39.